The summed E-state index contributed by atoms with van der Waals surface area (Å²) in [5.74, 6) is 0. The number of fused-ring (bicyclic) bond motifs is 1. The molecule has 17 heavy (non-hydrogen) atoms. The Morgan fingerprint density at radius 3 is 2.76 bits per heavy atom. The monoisotopic (exact) mass is 233 g/mol. The van der Waals surface area contributed by atoms with Crippen molar-refractivity contribution in [2.24, 2.45) is 7.05 Å². The summed E-state index contributed by atoms with van der Waals surface area (Å²) in [7, 11) is 1.27. The summed E-state index contributed by atoms with van der Waals surface area (Å²) in [6.07, 6.45) is 0. The highest BCUT2D eigenvalue weighted by atomic mass is 16.5. The van der Waals surface area contributed by atoms with Gasteiger partial charge in [0.25, 0.3) is 5.56 Å². The van der Waals surface area contributed by atoms with Crippen molar-refractivity contribution in [3.8, 4) is 6.07 Å². The third kappa shape index (κ3) is 1.33. The molecule has 2 aromatic rings. The quantitative estimate of drug-likeness (QED) is 0.484. The Kier molecular flexibility index (Phi) is 2.10. The van der Waals surface area contributed by atoms with E-state index in [0.717, 1.165) is 10.6 Å². The molecule has 0 aliphatic heterocycles. The highest BCUT2D eigenvalue weighted by molar-refractivity contribution is 5.74. The molecule has 86 valence electrons. The molecule has 8 heteroatoms. The molecule has 0 aliphatic carbocycles. The first kappa shape index (κ1) is 10.7. The van der Waals surface area contributed by atoms with Crippen LogP contribution in [-0.2, 0) is 7.05 Å². The molecule has 0 saturated heterocycles. The second-order valence-corrected chi connectivity index (χ2v) is 3.39. The van der Waals surface area contributed by atoms with Crippen LogP contribution in [0.4, 0.5) is 0 Å². The number of hydrogen-bond donors (Lipinski definition) is 3. The Balaban J connectivity index is 3.21. The van der Waals surface area contributed by atoms with Gasteiger partial charge >= 0.3 is 5.69 Å². The van der Waals surface area contributed by atoms with Crippen LogP contribution in [0, 0.1) is 16.7 Å². The molecule has 2 heterocycles. The number of rotatable bonds is 0. The molecule has 0 unspecified atom stereocenters. The maximum Gasteiger partial charge on any atom is 0.329 e. The highest BCUT2D eigenvalue weighted by Crippen LogP contribution is 2.02. The van der Waals surface area contributed by atoms with Crippen LogP contribution < -0.4 is 16.7 Å². The van der Waals surface area contributed by atoms with Crippen molar-refractivity contribution < 1.29 is 5.21 Å². The SMILES string of the molecule is Cn1c(=O)[nH]c2c(cc(C#N)c(=N)n2O)c1=O. The zero-order chi connectivity index (χ0) is 12.7. The molecular weight excluding hydrogens is 226 g/mol. The number of hydrogen-bond acceptors (Lipinski definition) is 5. The summed E-state index contributed by atoms with van der Waals surface area (Å²) in [5, 5.41) is 25.7. The summed E-state index contributed by atoms with van der Waals surface area (Å²) in [6.45, 7) is 0. The predicted octanol–water partition coefficient (Wildman–Crippen LogP) is -1.38. The topological polar surface area (TPSA) is 128 Å². The molecule has 0 radical (unpaired) electrons. The first-order valence-electron chi connectivity index (χ1n) is 4.50. The van der Waals surface area contributed by atoms with E-state index in [2.05, 4.69) is 4.98 Å². The largest absolute Gasteiger partial charge is 0.425 e. The number of aromatic nitrogens is 3. The van der Waals surface area contributed by atoms with Crippen molar-refractivity contribution >= 4 is 11.0 Å². The van der Waals surface area contributed by atoms with Crippen LogP contribution >= 0.6 is 0 Å². The van der Waals surface area contributed by atoms with E-state index >= 15 is 0 Å². The maximum absolute atomic E-state index is 11.7. The van der Waals surface area contributed by atoms with Gasteiger partial charge in [-0.25, -0.2) is 4.79 Å². The van der Waals surface area contributed by atoms with Gasteiger partial charge in [-0.05, 0) is 6.07 Å². The zero-order valence-electron chi connectivity index (χ0n) is 8.68. The summed E-state index contributed by atoms with van der Waals surface area (Å²) in [5.41, 5.74) is -2.23. The lowest BCUT2D eigenvalue weighted by Gasteiger charge is -2.05. The third-order valence-corrected chi connectivity index (χ3v) is 2.41. The number of nitriles is 1. The van der Waals surface area contributed by atoms with Crippen molar-refractivity contribution in [2.45, 2.75) is 0 Å². The van der Waals surface area contributed by atoms with E-state index in [1.165, 1.54) is 7.05 Å². The molecule has 2 aromatic heterocycles. The average Bonchev–Trinajstić information content (AvgIpc) is 2.32. The van der Waals surface area contributed by atoms with E-state index in [9.17, 15) is 14.8 Å². The predicted molar refractivity (Wildman–Crippen MR) is 55.6 cm³/mol. The van der Waals surface area contributed by atoms with Gasteiger partial charge in [0.2, 0.25) is 0 Å². The smallest absolute Gasteiger partial charge is 0.329 e. The lowest BCUT2D eigenvalue weighted by Crippen LogP contribution is -2.35. The van der Waals surface area contributed by atoms with E-state index in [-0.39, 0.29) is 16.6 Å². The molecule has 3 N–H and O–H groups in total. The van der Waals surface area contributed by atoms with Crippen LogP contribution in [0.3, 0.4) is 0 Å². The molecular formula is C9H7N5O3. The fourth-order valence-electron chi connectivity index (χ4n) is 1.45. The molecule has 0 atom stereocenters. The fourth-order valence-corrected chi connectivity index (χ4v) is 1.45. The van der Waals surface area contributed by atoms with E-state index in [0.29, 0.717) is 4.73 Å². The van der Waals surface area contributed by atoms with Crippen molar-refractivity contribution in [3.05, 3.63) is 38.0 Å². The molecule has 0 amide bonds. The van der Waals surface area contributed by atoms with E-state index in [1.54, 1.807) is 6.07 Å². The summed E-state index contributed by atoms with van der Waals surface area (Å²) >= 11 is 0. The van der Waals surface area contributed by atoms with Gasteiger partial charge in [0.1, 0.15) is 6.07 Å². The minimum Gasteiger partial charge on any atom is -0.425 e. The van der Waals surface area contributed by atoms with Gasteiger partial charge in [-0.3, -0.25) is 19.8 Å². The van der Waals surface area contributed by atoms with Gasteiger partial charge in [-0.1, -0.05) is 0 Å². The van der Waals surface area contributed by atoms with Crippen molar-refractivity contribution in [1.82, 2.24) is 14.3 Å². The van der Waals surface area contributed by atoms with E-state index in [4.69, 9.17) is 10.7 Å². The first-order chi connectivity index (χ1) is 7.97. The van der Waals surface area contributed by atoms with Gasteiger partial charge in [-0.15, -0.1) is 0 Å². The van der Waals surface area contributed by atoms with Crippen molar-refractivity contribution in [2.75, 3.05) is 0 Å². The lowest BCUT2D eigenvalue weighted by atomic mass is 10.2. The molecule has 0 fully saturated rings. The first-order valence-corrected chi connectivity index (χ1v) is 4.50. The normalized spacial score (nSPS) is 10.4. The average molecular weight is 233 g/mol. The Hall–Kier alpha value is -2.82. The zero-order valence-corrected chi connectivity index (χ0v) is 8.68. The van der Waals surface area contributed by atoms with Crippen LogP contribution in [0.1, 0.15) is 5.56 Å². The number of pyridine rings is 1. The Morgan fingerprint density at radius 1 is 1.53 bits per heavy atom. The number of nitrogens with one attached hydrogen (secondary N) is 2. The lowest BCUT2D eigenvalue weighted by molar-refractivity contribution is 0.181. The van der Waals surface area contributed by atoms with E-state index < -0.39 is 16.7 Å². The second kappa shape index (κ2) is 3.34. The van der Waals surface area contributed by atoms with Crippen molar-refractivity contribution in [1.29, 1.82) is 10.7 Å². The summed E-state index contributed by atoms with van der Waals surface area (Å²) in [4.78, 5) is 25.3. The molecule has 2 rings (SSSR count). The molecule has 0 aliphatic rings. The third-order valence-electron chi connectivity index (χ3n) is 2.41. The Bertz CT molecular complexity index is 833. The number of H-pyrrole nitrogens is 1. The summed E-state index contributed by atoms with van der Waals surface area (Å²) < 4.78 is 1.11. The molecule has 0 aromatic carbocycles. The van der Waals surface area contributed by atoms with E-state index in [1.807, 2.05) is 0 Å². The minimum absolute atomic E-state index is 0.0397. The van der Waals surface area contributed by atoms with Crippen LogP contribution in [0.15, 0.2) is 15.7 Å². The fraction of sp³-hybridized carbons (Fsp3) is 0.111. The second-order valence-electron chi connectivity index (χ2n) is 3.39. The van der Waals surface area contributed by atoms with Crippen LogP contribution in [0.2, 0.25) is 0 Å². The highest BCUT2D eigenvalue weighted by Gasteiger charge is 2.11. The maximum atomic E-state index is 11.7. The Labute approximate surface area is 93.1 Å². The minimum atomic E-state index is -0.714. The van der Waals surface area contributed by atoms with Crippen molar-refractivity contribution in [3.63, 3.8) is 0 Å². The number of nitrogens with zero attached hydrogens (tertiary/aromatic N) is 3. The molecule has 8 nitrogen and oxygen atoms in total. The molecule has 0 spiro atoms. The van der Waals surface area contributed by atoms with Gasteiger partial charge in [0.15, 0.2) is 11.1 Å². The molecule has 0 saturated carbocycles. The van der Waals surface area contributed by atoms with Crippen LogP contribution in [0.5, 0.6) is 0 Å². The van der Waals surface area contributed by atoms with Gasteiger partial charge in [-0.2, -0.15) is 9.99 Å². The van der Waals surface area contributed by atoms with Crippen LogP contribution in [-0.4, -0.2) is 19.5 Å². The molecule has 0 bridgehead atoms. The number of aromatic amines is 1. The van der Waals surface area contributed by atoms with Gasteiger partial charge < -0.3 is 5.21 Å². The van der Waals surface area contributed by atoms with Crippen LogP contribution in [0.25, 0.3) is 11.0 Å². The standard InChI is InChI=1S/C9H7N5O3/c1-13-8(15)5-2-4(3-10)6(11)14(17)7(5)12-9(13)16/h2,11,17H,1H3,(H,12,16). The van der Waals surface area contributed by atoms with Gasteiger partial charge in [0, 0.05) is 7.05 Å². The van der Waals surface area contributed by atoms with Gasteiger partial charge in [0.05, 0.1) is 10.9 Å². The Morgan fingerprint density at radius 2 is 2.18 bits per heavy atom. The summed E-state index contributed by atoms with van der Waals surface area (Å²) in [6, 6.07) is 2.84.